The quantitative estimate of drug-likeness (QED) is 0.0492. The van der Waals surface area contributed by atoms with E-state index in [1.807, 2.05) is 36.4 Å². The smallest absolute Gasteiger partial charge is 0.339 e. The molecule has 1 heterocycles. The summed E-state index contributed by atoms with van der Waals surface area (Å²) >= 11 is 0. The Labute approximate surface area is 282 Å². The van der Waals surface area contributed by atoms with E-state index in [0.717, 1.165) is 53.7 Å². The number of fused-ring (bicyclic) bond motifs is 2. The zero-order valence-corrected chi connectivity index (χ0v) is 28.8. The number of carbonyl (C=O) groups is 3. The van der Waals surface area contributed by atoms with E-state index in [4.69, 9.17) is 18.6 Å². The number of hydrogen-bond donors (Lipinski definition) is 0. The van der Waals surface area contributed by atoms with Crippen LogP contribution in [0.4, 0.5) is 5.69 Å². The lowest BCUT2D eigenvalue weighted by atomic mass is 9.90. The molecule has 1 aliphatic carbocycles. The Morgan fingerprint density at radius 3 is 2.02 bits per heavy atom. The van der Waals surface area contributed by atoms with Crippen LogP contribution in [0.5, 0.6) is 0 Å². The molecule has 0 saturated carbocycles. The van der Waals surface area contributed by atoms with E-state index in [2.05, 4.69) is 62.5 Å². The first-order valence-electron chi connectivity index (χ1n) is 16.3. The van der Waals surface area contributed by atoms with Gasteiger partial charge in [0.2, 0.25) is 5.36 Å². The maximum absolute atomic E-state index is 13.9. The molecule has 0 saturated heterocycles. The van der Waals surface area contributed by atoms with Crippen molar-refractivity contribution in [2.45, 2.75) is 47.6 Å². The van der Waals surface area contributed by atoms with E-state index >= 15 is 0 Å². The van der Waals surface area contributed by atoms with Crippen LogP contribution in [-0.4, -0.2) is 63.4 Å². The number of rotatable bonds is 14. The Morgan fingerprint density at radius 2 is 1.44 bits per heavy atom. The van der Waals surface area contributed by atoms with E-state index in [1.54, 1.807) is 12.1 Å². The summed E-state index contributed by atoms with van der Waals surface area (Å²) < 4.78 is 25.2. The molecule has 9 heteroatoms. The number of anilines is 1. The average molecular weight is 654 g/mol. The van der Waals surface area contributed by atoms with Crippen molar-refractivity contribution in [2.24, 2.45) is 0 Å². The van der Waals surface area contributed by atoms with Gasteiger partial charge in [-0.2, -0.15) is 0 Å². The van der Waals surface area contributed by atoms with Gasteiger partial charge in [-0.15, -0.1) is 0 Å². The third-order valence-corrected chi connectivity index (χ3v) is 8.13. The normalized spacial score (nSPS) is 11.0. The molecule has 0 amide bonds. The summed E-state index contributed by atoms with van der Waals surface area (Å²) in [6.45, 7) is 21.4. The zero-order chi connectivity index (χ0) is 35.0. The van der Waals surface area contributed by atoms with Gasteiger partial charge in [-0.05, 0) is 71.4 Å². The van der Waals surface area contributed by atoms with Gasteiger partial charge in [0.1, 0.15) is 37.6 Å². The Bertz CT molecular complexity index is 1850. The molecule has 9 nitrogen and oxygen atoms in total. The fraction of sp³-hybridized carbons (Fsp3) is 0.333. The van der Waals surface area contributed by atoms with Crippen LogP contribution in [0.1, 0.15) is 51.9 Å². The van der Waals surface area contributed by atoms with Crippen molar-refractivity contribution in [3.05, 3.63) is 95.9 Å². The molecule has 2 aromatic rings. The number of esters is 3. The maximum atomic E-state index is 13.9. The number of carbonyl (C=O) groups excluding carboxylic acids is 3. The number of nitrogens with zero attached hydrogens (tertiary/aromatic N) is 2. The first-order valence-corrected chi connectivity index (χ1v) is 16.3. The third kappa shape index (κ3) is 8.02. The Balaban J connectivity index is 1.87. The number of hydrogen-bond acceptors (Lipinski definition) is 8. The molecule has 2 aromatic carbocycles. The highest BCUT2D eigenvalue weighted by Gasteiger charge is 2.26. The molecule has 0 radical (unpaired) electrons. The summed E-state index contributed by atoms with van der Waals surface area (Å²) in [4.78, 5) is 40.5. The van der Waals surface area contributed by atoms with Gasteiger partial charge in [-0.3, -0.25) is 0 Å². The van der Waals surface area contributed by atoms with Crippen LogP contribution in [0.2, 0.25) is 0 Å². The molecule has 0 aromatic heterocycles. The van der Waals surface area contributed by atoms with E-state index in [9.17, 15) is 14.4 Å². The third-order valence-electron chi connectivity index (χ3n) is 8.13. The van der Waals surface area contributed by atoms with Crippen LogP contribution in [0.15, 0.2) is 89.4 Å². The van der Waals surface area contributed by atoms with Gasteiger partial charge in [0.15, 0.2) is 6.10 Å². The SMILES string of the molecule is C=C(C)C(=O)OCC(COC(=O)C(=C)C)OC(=O)c1ccccc1-c1c2ccc(=[N+](CC)CC)cc-2oc2cc(N(CC)CC)ccc12. The summed E-state index contributed by atoms with van der Waals surface area (Å²) in [6.07, 6.45) is -1.08. The van der Waals surface area contributed by atoms with Crippen LogP contribution >= 0.6 is 0 Å². The van der Waals surface area contributed by atoms with Crippen LogP contribution in [0, 0.1) is 0 Å². The van der Waals surface area contributed by atoms with Crippen molar-refractivity contribution in [1.82, 2.24) is 4.58 Å². The Hall–Kier alpha value is -5.18. The lowest BCUT2D eigenvalue weighted by Crippen LogP contribution is -2.31. The van der Waals surface area contributed by atoms with Crippen LogP contribution < -0.4 is 14.8 Å². The molecule has 48 heavy (non-hydrogen) atoms. The fourth-order valence-electron chi connectivity index (χ4n) is 5.52. The molecule has 0 bridgehead atoms. The van der Waals surface area contributed by atoms with Crippen molar-refractivity contribution in [2.75, 3.05) is 44.3 Å². The van der Waals surface area contributed by atoms with Gasteiger partial charge >= 0.3 is 17.9 Å². The van der Waals surface area contributed by atoms with Crippen molar-refractivity contribution >= 4 is 34.6 Å². The van der Waals surface area contributed by atoms with E-state index in [1.165, 1.54) is 13.8 Å². The second-order valence-electron chi connectivity index (χ2n) is 11.5. The second-order valence-corrected chi connectivity index (χ2v) is 11.5. The predicted molar refractivity (Wildman–Crippen MR) is 189 cm³/mol. The first-order chi connectivity index (χ1) is 23.0. The van der Waals surface area contributed by atoms with E-state index < -0.39 is 24.0 Å². The van der Waals surface area contributed by atoms with Gasteiger partial charge in [0, 0.05) is 58.6 Å². The molecule has 0 unspecified atom stereocenters. The number of benzene rings is 3. The van der Waals surface area contributed by atoms with Gasteiger partial charge in [-0.25, -0.2) is 19.0 Å². The van der Waals surface area contributed by atoms with Crippen LogP contribution in [0.3, 0.4) is 0 Å². The van der Waals surface area contributed by atoms with Crippen molar-refractivity contribution in [3.8, 4) is 22.5 Å². The molecular formula is C39H45N2O7+. The van der Waals surface area contributed by atoms with Gasteiger partial charge in [-0.1, -0.05) is 31.4 Å². The summed E-state index contributed by atoms with van der Waals surface area (Å²) in [5, 5.41) is 1.86. The monoisotopic (exact) mass is 653 g/mol. The van der Waals surface area contributed by atoms with Gasteiger partial charge in [0.25, 0.3) is 0 Å². The highest BCUT2D eigenvalue weighted by molar-refractivity contribution is 6.08. The molecule has 1 aliphatic heterocycles. The Kier molecular flexibility index (Phi) is 12.0. The molecule has 0 fully saturated rings. The minimum absolute atomic E-state index is 0.186. The van der Waals surface area contributed by atoms with Crippen LogP contribution in [-0.2, 0) is 23.8 Å². The summed E-state index contributed by atoms with van der Waals surface area (Å²) in [5.74, 6) is -1.29. The minimum Gasteiger partial charge on any atom is -0.458 e. The summed E-state index contributed by atoms with van der Waals surface area (Å²) in [5.41, 5.74) is 4.65. The zero-order valence-electron chi connectivity index (χ0n) is 28.8. The van der Waals surface area contributed by atoms with Crippen LogP contribution in [0.25, 0.3) is 33.4 Å². The molecule has 0 spiro atoms. The predicted octanol–water partition coefficient (Wildman–Crippen LogP) is 6.63. The molecule has 4 rings (SSSR count). The largest absolute Gasteiger partial charge is 0.458 e. The van der Waals surface area contributed by atoms with Crippen molar-refractivity contribution in [3.63, 3.8) is 0 Å². The topological polar surface area (TPSA) is 98.3 Å². The second kappa shape index (κ2) is 16.1. The summed E-state index contributed by atoms with van der Waals surface area (Å²) in [7, 11) is 0. The highest BCUT2D eigenvalue weighted by Crippen LogP contribution is 2.42. The van der Waals surface area contributed by atoms with Crippen molar-refractivity contribution in [1.29, 1.82) is 0 Å². The number of ether oxygens (including phenoxy) is 3. The van der Waals surface area contributed by atoms with E-state index in [-0.39, 0.29) is 29.9 Å². The lowest BCUT2D eigenvalue weighted by molar-refractivity contribution is -0.147. The minimum atomic E-state index is -1.08. The van der Waals surface area contributed by atoms with Crippen molar-refractivity contribution < 1.29 is 33.0 Å². The van der Waals surface area contributed by atoms with E-state index in [0.29, 0.717) is 16.9 Å². The standard InChI is InChI=1S/C39H45N2O7/c1-9-40(10-2)27-17-19-32-34(21-27)48-35-22-28(41(11-3)12-4)18-20-33(35)36(32)30-15-13-14-16-31(30)39(44)47-29(23-45-37(42)25(5)6)24-46-38(43)26(7)8/h13-22,29H,5,7,9-12,23-24H2,1-4,6,8H3/q+1. The van der Waals surface area contributed by atoms with Gasteiger partial charge in [0.05, 0.1) is 11.6 Å². The summed E-state index contributed by atoms with van der Waals surface area (Å²) in [6, 6.07) is 19.4. The molecule has 252 valence electrons. The molecule has 0 atom stereocenters. The lowest BCUT2D eigenvalue weighted by Gasteiger charge is -2.23. The molecular weight excluding hydrogens is 608 g/mol. The molecule has 2 aliphatic rings. The first kappa shape index (κ1) is 35.7. The highest BCUT2D eigenvalue weighted by atomic mass is 16.6. The maximum Gasteiger partial charge on any atom is 0.339 e. The fourth-order valence-corrected chi connectivity index (χ4v) is 5.52. The Morgan fingerprint density at radius 1 is 0.812 bits per heavy atom. The van der Waals surface area contributed by atoms with Gasteiger partial charge < -0.3 is 23.5 Å². The average Bonchev–Trinajstić information content (AvgIpc) is 3.08. The molecule has 0 N–H and O–H groups in total.